The van der Waals surface area contributed by atoms with Gasteiger partial charge in [-0.3, -0.25) is 9.59 Å². The molecule has 0 spiro atoms. The smallest absolute Gasteiger partial charge is 0.306 e. The van der Waals surface area contributed by atoms with Crippen molar-refractivity contribution in [2.75, 3.05) is 18.4 Å². The fourth-order valence-corrected chi connectivity index (χ4v) is 4.98. The van der Waals surface area contributed by atoms with E-state index in [-0.39, 0.29) is 17.0 Å². The van der Waals surface area contributed by atoms with E-state index in [1.54, 1.807) is 12.1 Å². The Hall–Kier alpha value is -2.85. The Morgan fingerprint density at radius 2 is 1.73 bits per heavy atom. The van der Waals surface area contributed by atoms with Crippen LogP contribution in [0, 0.1) is 11.6 Å². The lowest BCUT2D eigenvalue weighted by Crippen LogP contribution is -2.35. The number of benzene rings is 2. The fourth-order valence-electron chi connectivity index (χ4n) is 3.46. The summed E-state index contributed by atoms with van der Waals surface area (Å²) in [4.78, 5) is 24.4. The molecule has 0 aromatic heterocycles. The molecule has 2 aromatic rings. The number of hydrogen-bond donors (Lipinski definition) is 1. The number of carbonyl (C=O) groups is 2. The molecule has 33 heavy (non-hydrogen) atoms. The van der Waals surface area contributed by atoms with E-state index in [0.717, 1.165) is 37.0 Å². The molecule has 2 aromatic carbocycles. The van der Waals surface area contributed by atoms with Crippen LogP contribution >= 0.6 is 0 Å². The molecular weight excluding hydrogens is 454 g/mol. The number of piperidine rings is 1. The highest BCUT2D eigenvalue weighted by atomic mass is 32.2. The van der Waals surface area contributed by atoms with Gasteiger partial charge in [-0.2, -0.15) is 4.31 Å². The van der Waals surface area contributed by atoms with Crippen LogP contribution in [0.25, 0.3) is 0 Å². The standard InChI is InChI=1S/C23H26F2N2O5S/c1-16(23(29)26-21-11-8-18(24)15-20(21)25)32-22(28)12-7-17-5-9-19(10-6-17)33(30,31)27-13-3-2-4-14-27/h5-6,8-11,15-16H,2-4,7,12-14H2,1H3,(H,26,29). The first-order valence-corrected chi connectivity index (χ1v) is 12.2. The van der Waals surface area contributed by atoms with Gasteiger partial charge in [-0.1, -0.05) is 18.6 Å². The number of anilines is 1. The van der Waals surface area contributed by atoms with Gasteiger partial charge in [0, 0.05) is 25.6 Å². The molecule has 0 bridgehead atoms. The normalized spacial score (nSPS) is 15.6. The van der Waals surface area contributed by atoms with E-state index >= 15 is 0 Å². The number of sulfonamides is 1. The molecule has 1 aliphatic heterocycles. The van der Waals surface area contributed by atoms with E-state index in [1.165, 1.54) is 23.4 Å². The van der Waals surface area contributed by atoms with Crippen LogP contribution in [0.4, 0.5) is 14.5 Å². The number of aryl methyl sites for hydroxylation is 1. The summed E-state index contributed by atoms with van der Waals surface area (Å²) < 4.78 is 58.6. The first-order valence-electron chi connectivity index (χ1n) is 10.7. The molecule has 1 unspecified atom stereocenters. The molecule has 0 saturated carbocycles. The van der Waals surface area contributed by atoms with Gasteiger partial charge in [0.1, 0.15) is 11.6 Å². The maximum Gasteiger partial charge on any atom is 0.306 e. The van der Waals surface area contributed by atoms with Crippen molar-refractivity contribution >= 4 is 27.6 Å². The van der Waals surface area contributed by atoms with E-state index < -0.39 is 39.6 Å². The van der Waals surface area contributed by atoms with Crippen molar-refractivity contribution < 1.29 is 31.5 Å². The molecular formula is C23H26F2N2O5S. The molecule has 1 saturated heterocycles. The maximum absolute atomic E-state index is 13.7. The number of esters is 1. The van der Waals surface area contributed by atoms with Gasteiger partial charge in [0.2, 0.25) is 10.0 Å². The van der Waals surface area contributed by atoms with Crippen LogP contribution in [0.1, 0.15) is 38.2 Å². The second kappa shape index (κ2) is 10.8. The van der Waals surface area contributed by atoms with Crippen molar-refractivity contribution in [3.63, 3.8) is 0 Å². The average molecular weight is 481 g/mol. The number of nitrogens with zero attached hydrogens (tertiary/aromatic N) is 1. The minimum Gasteiger partial charge on any atom is -0.453 e. The van der Waals surface area contributed by atoms with Crippen LogP contribution in [-0.4, -0.2) is 43.8 Å². The Bertz CT molecular complexity index is 1100. The van der Waals surface area contributed by atoms with E-state index in [0.29, 0.717) is 25.6 Å². The Morgan fingerprint density at radius 3 is 2.36 bits per heavy atom. The van der Waals surface area contributed by atoms with Crippen molar-refractivity contribution in [2.45, 2.75) is 50.0 Å². The van der Waals surface area contributed by atoms with Crippen LogP contribution in [0.15, 0.2) is 47.4 Å². The largest absolute Gasteiger partial charge is 0.453 e. The lowest BCUT2D eigenvalue weighted by Gasteiger charge is -2.25. The number of ether oxygens (including phenoxy) is 1. The second-order valence-corrected chi connectivity index (χ2v) is 9.79. The van der Waals surface area contributed by atoms with Gasteiger partial charge in [0.15, 0.2) is 6.10 Å². The Balaban J connectivity index is 1.49. The quantitative estimate of drug-likeness (QED) is 0.583. The zero-order valence-corrected chi connectivity index (χ0v) is 19.0. The highest BCUT2D eigenvalue weighted by Crippen LogP contribution is 2.21. The van der Waals surface area contributed by atoms with Crippen molar-refractivity contribution in [2.24, 2.45) is 0 Å². The van der Waals surface area contributed by atoms with Gasteiger partial charge < -0.3 is 10.1 Å². The molecule has 1 N–H and O–H groups in total. The third-order valence-corrected chi connectivity index (χ3v) is 7.27. The molecule has 3 rings (SSSR count). The van der Waals surface area contributed by atoms with Crippen LogP contribution < -0.4 is 5.32 Å². The topological polar surface area (TPSA) is 92.8 Å². The molecule has 10 heteroatoms. The highest BCUT2D eigenvalue weighted by Gasteiger charge is 2.25. The third kappa shape index (κ3) is 6.58. The zero-order chi connectivity index (χ0) is 24.0. The van der Waals surface area contributed by atoms with Gasteiger partial charge in [0.25, 0.3) is 5.91 Å². The Morgan fingerprint density at radius 1 is 1.06 bits per heavy atom. The summed E-state index contributed by atoms with van der Waals surface area (Å²) >= 11 is 0. The van der Waals surface area contributed by atoms with Gasteiger partial charge in [-0.15, -0.1) is 0 Å². The summed E-state index contributed by atoms with van der Waals surface area (Å²) in [7, 11) is -3.52. The third-order valence-electron chi connectivity index (χ3n) is 5.36. The van der Waals surface area contributed by atoms with Crippen molar-refractivity contribution in [3.05, 3.63) is 59.7 Å². The first-order chi connectivity index (χ1) is 15.7. The number of carbonyl (C=O) groups excluding carboxylic acids is 2. The predicted octanol–water partition coefficient (Wildman–Crippen LogP) is 3.64. The van der Waals surface area contributed by atoms with E-state index in [2.05, 4.69) is 5.32 Å². The molecule has 7 nitrogen and oxygen atoms in total. The van der Waals surface area contributed by atoms with Crippen LogP contribution in [0.5, 0.6) is 0 Å². The summed E-state index contributed by atoms with van der Waals surface area (Å²) in [6, 6.07) is 9.06. The molecule has 0 radical (unpaired) electrons. The van der Waals surface area contributed by atoms with Crippen LogP contribution in [0.2, 0.25) is 0 Å². The van der Waals surface area contributed by atoms with E-state index in [1.807, 2.05) is 0 Å². The molecule has 1 atom stereocenters. The minimum atomic E-state index is -3.52. The zero-order valence-electron chi connectivity index (χ0n) is 18.2. The van der Waals surface area contributed by atoms with E-state index in [9.17, 15) is 26.8 Å². The Labute approximate surface area is 191 Å². The van der Waals surface area contributed by atoms with Crippen LogP contribution in [0.3, 0.4) is 0 Å². The van der Waals surface area contributed by atoms with Crippen molar-refractivity contribution in [1.82, 2.24) is 4.31 Å². The molecule has 0 aliphatic carbocycles. The SMILES string of the molecule is CC(OC(=O)CCc1ccc(S(=O)(=O)N2CCCCC2)cc1)C(=O)Nc1ccc(F)cc1F. The minimum absolute atomic E-state index is 0.0270. The van der Waals surface area contributed by atoms with Crippen LogP contribution in [-0.2, 0) is 30.8 Å². The summed E-state index contributed by atoms with van der Waals surface area (Å²) in [6.45, 7) is 2.39. The van der Waals surface area contributed by atoms with Crippen molar-refractivity contribution in [1.29, 1.82) is 0 Å². The Kier molecular flexibility index (Phi) is 8.15. The summed E-state index contributed by atoms with van der Waals surface area (Å²) in [6.07, 6.45) is 1.83. The monoisotopic (exact) mass is 480 g/mol. The first kappa shape index (κ1) is 24.8. The molecule has 1 aliphatic rings. The number of amides is 1. The highest BCUT2D eigenvalue weighted by molar-refractivity contribution is 7.89. The van der Waals surface area contributed by atoms with E-state index in [4.69, 9.17) is 4.74 Å². The number of hydrogen-bond acceptors (Lipinski definition) is 5. The number of halogens is 2. The fraction of sp³-hybridized carbons (Fsp3) is 0.391. The van der Waals surface area contributed by atoms with Gasteiger partial charge in [0.05, 0.1) is 10.6 Å². The summed E-state index contributed by atoms with van der Waals surface area (Å²) in [5.41, 5.74) is 0.527. The second-order valence-electron chi connectivity index (χ2n) is 7.85. The van der Waals surface area contributed by atoms with Gasteiger partial charge >= 0.3 is 5.97 Å². The summed E-state index contributed by atoms with van der Waals surface area (Å²) in [5, 5.41) is 2.24. The van der Waals surface area contributed by atoms with Crippen molar-refractivity contribution in [3.8, 4) is 0 Å². The number of rotatable bonds is 8. The predicted molar refractivity (Wildman–Crippen MR) is 118 cm³/mol. The van der Waals surface area contributed by atoms with Gasteiger partial charge in [-0.05, 0) is 56.0 Å². The lowest BCUT2D eigenvalue weighted by atomic mass is 10.1. The molecule has 178 valence electrons. The molecule has 1 fully saturated rings. The average Bonchev–Trinajstić information content (AvgIpc) is 2.80. The molecule has 1 amide bonds. The maximum atomic E-state index is 13.7. The molecule has 1 heterocycles. The number of nitrogens with one attached hydrogen (secondary N) is 1. The lowest BCUT2D eigenvalue weighted by molar-refractivity contribution is -0.153. The van der Waals surface area contributed by atoms with Gasteiger partial charge in [-0.25, -0.2) is 17.2 Å². The summed E-state index contributed by atoms with van der Waals surface area (Å²) in [5.74, 6) is -3.10.